The van der Waals surface area contributed by atoms with Crippen LogP contribution in [0.5, 0.6) is 0 Å². The molecule has 0 bridgehead atoms. The molecule has 0 fully saturated rings. The SMILES string of the molecule is O=C(C1=C(C(F)(F)F)CCC=C1)c1c[nH]c(-c2nc3c(F)cc(Br)cc3[nH]2)c1. The number of nitrogens with one attached hydrogen (secondary N) is 2. The molecular weight excluding hydrogens is 442 g/mol. The molecule has 0 spiro atoms. The van der Waals surface area contributed by atoms with Gasteiger partial charge in [-0.15, -0.1) is 0 Å². The van der Waals surface area contributed by atoms with Crippen molar-refractivity contribution < 1.29 is 22.4 Å². The number of H-pyrrole nitrogens is 2. The van der Waals surface area contributed by atoms with Crippen LogP contribution in [0.4, 0.5) is 17.6 Å². The predicted octanol–water partition coefficient (Wildman–Crippen LogP) is 5.85. The molecule has 0 aliphatic heterocycles. The molecule has 28 heavy (non-hydrogen) atoms. The van der Waals surface area contributed by atoms with Gasteiger partial charge in [0.2, 0.25) is 0 Å². The highest BCUT2D eigenvalue weighted by Gasteiger charge is 2.37. The second-order valence-corrected chi connectivity index (χ2v) is 7.25. The van der Waals surface area contributed by atoms with Crippen molar-refractivity contribution in [2.75, 3.05) is 0 Å². The first-order valence-electron chi connectivity index (χ1n) is 8.29. The van der Waals surface area contributed by atoms with Crippen molar-refractivity contribution in [3.05, 3.63) is 63.5 Å². The van der Waals surface area contributed by atoms with Gasteiger partial charge in [-0.25, -0.2) is 9.37 Å². The van der Waals surface area contributed by atoms with E-state index < -0.39 is 23.3 Å². The summed E-state index contributed by atoms with van der Waals surface area (Å²) in [5.74, 6) is -0.979. The van der Waals surface area contributed by atoms with Gasteiger partial charge in [-0.05, 0) is 31.0 Å². The monoisotopic (exact) mass is 453 g/mol. The van der Waals surface area contributed by atoms with Crippen LogP contribution in [0, 0.1) is 5.82 Å². The molecule has 2 N–H and O–H groups in total. The molecule has 0 saturated heterocycles. The van der Waals surface area contributed by atoms with Gasteiger partial charge in [-0.3, -0.25) is 4.79 Å². The minimum Gasteiger partial charge on any atom is -0.358 e. The van der Waals surface area contributed by atoms with Gasteiger partial charge in [-0.1, -0.05) is 28.1 Å². The van der Waals surface area contributed by atoms with E-state index in [2.05, 4.69) is 30.9 Å². The lowest BCUT2D eigenvalue weighted by Crippen LogP contribution is -2.19. The lowest BCUT2D eigenvalue weighted by atomic mass is 9.92. The number of alkyl halides is 3. The zero-order valence-electron chi connectivity index (χ0n) is 14.1. The van der Waals surface area contributed by atoms with Gasteiger partial charge in [0.1, 0.15) is 5.52 Å². The molecule has 0 radical (unpaired) electrons. The lowest BCUT2D eigenvalue weighted by molar-refractivity contribution is -0.0946. The van der Waals surface area contributed by atoms with Gasteiger partial charge in [0, 0.05) is 27.4 Å². The highest BCUT2D eigenvalue weighted by atomic mass is 79.9. The second kappa shape index (κ2) is 6.73. The summed E-state index contributed by atoms with van der Waals surface area (Å²) in [5, 5.41) is 0. The molecule has 0 saturated carbocycles. The summed E-state index contributed by atoms with van der Waals surface area (Å²) in [6, 6.07) is 4.32. The van der Waals surface area contributed by atoms with Gasteiger partial charge < -0.3 is 9.97 Å². The van der Waals surface area contributed by atoms with Crippen molar-refractivity contribution in [3.8, 4) is 11.5 Å². The van der Waals surface area contributed by atoms with Crippen molar-refractivity contribution in [1.29, 1.82) is 0 Å². The lowest BCUT2D eigenvalue weighted by Gasteiger charge is -2.17. The molecule has 1 aliphatic carbocycles. The Morgan fingerprint density at radius 1 is 1.21 bits per heavy atom. The van der Waals surface area contributed by atoms with Crippen molar-refractivity contribution in [2.24, 2.45) is 0 Å². The number of Topliss-reactive ketones (excluding diaryl/α,β-unsaturated/α-hetero) is 1. The van der Waals surface area contributed by atoms with Crippen molar-refractivity contribution in [1.82, 2.24) is 15.0 Å². The number of imidazole rings is 1. The number of fused-ring (bicyclic) bond motifs is 1. The van der Waals surface area contributed by atoms with Gasteiger partial charge in [0.15, 0.2) is 17.4 Å². The fourth-order valence-corrected chi connectivity index (χ4v) is 3.59. The standard InChI is InChI=1S/C19H12BrF4N3O/c20-10-6-13(21)16-14(7-10)26-18(27-16)15-5-9(8-25-15)17(28)11-3-1-2-4-12(11)19(22,23)24/h1,3,5-8,25H,2,4H2,(H,26,27). The molecule has 9 heteroatoms. The summed E-state index contributed by atoms with van der Waals surface area (Å²) in [6.07, 6.45) is -0.454. The Morgan fingerprint density at radius 3 is 2.75 bits per heavy atom. The number of benzene rings is 1. The van der Waals surface area contributed by atoms with E-state index in [9.17, 15) is 22.4 Å². The molecule has 1 aliphatic rings. The Balaban J connectivity index is 1.72. The number of aromatic nitrogens is 3. The van der Waals surface area contributed by atoms with Gasteiger partial charge in [0.05, 0.1) is 11.2 Å². The van der Waals surface area contributed by atoms with Crippen LogP contribution in [0.25, 0.3) is 22.6 Å². The molecule has 144 valence electrons. The van der Waals surface area contributed by atoms with Gasteiger partial charge in [0.25, 0.3) is 0 Å². The molecule has 2 aromatic heterocycles. The van der Waals surface area contributed by atoms with Gasteiger partial charge >= 0.3 is 6.18 Å². The third-order valence-corrected chi connectivity index (χ3v) is 4.92. The number of halogens is 5. The maximum Gasteiger partial charge on any atom is 0.413 e. The first-order chi connectivity index (χ1) is 13.2. The number of ketones is 1. The van der Waals surface area contributed by atoms with E-state index in [1.54, 1.807) is 12.1 Å². The highest BCUT2D eigenvalue weighted by Crippen LogP contribution is 2.36. The maximum absolute atomic E-state index is 14.0. The summed E-state index contributed by atoms with van der Waals surface area (Å²) in [6.45, 7) is 0. The number of aromatic amines is 2. The van der Waals surface area contributed by atoms with Crippen LogP contribution in [0.2, 0.25) is 0 Å². The zero-order chi connectivity index (χ0) is 20.1. The summed E-state index contributed by atoms with van der Waals surface area (Å²) in [7, 11) is 0. The maximum atomic E-state index is 14.0. The second-order valence-electron chi connectivity index (χ2n) is 6.33. The summed E-state index contributed by atoms with van der Waals surface area (Å²) >= 11 is 3.19. The minimum atomic E-state index is -4.56. The molecular formula is C19H12BrF4N3O. The van der Waals surface area contributed by atoms with Crippen LogP contribution in [0.1, 0.15) is 23.2 Å². The number of hydrogen-bond donors (Lipinski definition) is 2. The van der Waals surface area contributed by atoms with Crippen LogP contribution in [0.3, 0.4) is 0 Å². The Hall–Kier alpha value is -2.68. The fourth-order valence-electron chi connectivity index (χ4n) is 3.16. The number of carbonyl (C=O) groups is 1. The van der Waals surface area contributed by atoms with Crippen LogP contribution in [0.15, 0.2) is 52.2 Å². The van der Waals surface area contributed by atoms with Gasteiger partial charge in [-0.2, -0.15) is 13.2 Å². The third kappa shape index (κ3) is 3.30. The number of carbonyl (C=O) groups excluding carboxylic acids is 1. The Morgan fingerprint density at radius 2 is 2.00 bits per heavy atom. The smallest absolute Gasteiger partial charge is 0.358 e. The van der Waals surface area contributed by atoms with Crippen LogP contribution in [-0.4, -0.2) is 26.9 Å². The molecule has 0 unspecified atom stereocenters. The normalized spacial score (nSPS) is 14.9. The van der Waals surface area contributed by atoms with Crippen molar-refractivity contribution >= 4 is 32.7 Å². The molecule has 0 atom stereocenters. The highest BCUT2D eigenvalue weighted by molar-refractivity contribution is 9.10. The zero-order valence-corrected chi connectivity index (χ0v) is 15.7. The molecule has 1 aromatic carbocycles. The van der Waals surface area contributed by atoms with Crippen molar-refractivity contribution in [2.45, 2.75) is 19.0 Å². The molecule has 0 amide bonds. The Labute approximate surface area is 164 Å². The molecule has 4 rings (SSSR count). The first-order valence-corrected chi connectivity index (χ1v) is 9.08. The van der Waals surface area contributed by atoms with E-state index in [1.165, 1.54) is 24.4 Å². The van der Waals surface area contributed by atoms with E-state index in [0.29, 0.717) is 15.7 Å². The van der Waals surface area contributed by atoms with E-state index in [4.69, 9.17) is 0 Å². The average molecular weight is 454 g/mol. The average Bonchev–Trinajstić information content (AvgIpc) is 3.27. The summed E-state index contributed by atoms with van der Waals surface area (Å²) in [4.78, 5) is 22.6. The fraction of sp³-hybridized carbons (Fsp3) is 0.158. The van der Waals surface area contributed by atoms with E-state index >= 15 is 0 Å². The number of rotatable bonds is 3. The topological polar surface area (TPSA) is 61.5 Å². The number of nitrogens with zero attached hydrogens (tertiary/aromatic N) is 1. The van der Waals surface area contributed by atoms with E-state index in [1.807, 2.05) is 0 Å². The Bertz CT molecular complexity index is 1150. The summed E-state index contributed by atoms with van der Waals surface area (Å²) in [5.41, 5.74) is -0.175. The molecule has 2 heterocycles. The van der Waals surface area contributed by atoms with Crippen molar-refractivity contribution in [3.63, 3.8) is 0 Å². The number of hydrogen-bond acceptors (Lipinski definition) is 2. The van der Waals surface area contributed by atoms with E-state index in [0.717, 1.165) is 0 Å². The van der Waals surface area contributed by atoms with Crippen LogP contribution < -0.4 is 0 Å². The summed E-state index contributed by atoms with van der Waals surface area (Å²) < 4.78 is 54.2. The third-order valence-electron chi connectivity index (χ3n) is 4.46. The predicted molar refractivity (Wildman–Crippen MR) is 99.3 cm³/mol. The Kier molecular flexibility index (Phi) is 4.49. The number of allylic oxidation sites excluding steroid dienone is 4. The van der Waals surface area contributed by atoms with Crippen LogP contribution in [-0.2, 0) is 0 Å². The largest absolute Gasteiger partial charge is 0.413 e. The van der Waals surface area contributed by atoms with Crippen LogP contribution >= 0.6 is 15.9 Å². The quantitative estimate of drug-likeness (QED) is 0.385. The minimum absolute atomic E-state index is 0.0698. The molecule has 3 aromatic rings. The first kappa shape index (κ1) is 18.7. The van der Waals surface area contributed by atoms with E-state index in [-0.39, 0.29) is 35.3 Å². The molecule has 4 nitrogen and oxygen atoms in total.